The Kier molecular flexibility index (Phi) is 4.39. The fraction of sp³-hybridized carbons (Fsp3) is 0.500. The van der Waals surface area contributed by atoms with Gasteiger partial charge in [-0.1, -0.05) is 39.8 Å². The van der Waals surface area contributed by atoms with E-state index in [-0.39, 0.29) is 0 Å². The zero-order valence-electron chi connectivity index (χ0n) is 8.56. The van der Waals surface area contributed by atoms with Crippen LogP contribution in [0, 0.1) is 0 Å². The van der Waals surface area contributed by atoms with Gasteiger partial charge in [-0.05, 0) is 37.8 Å². The first-order chi connectivity index (χ1) is 7.34. The molecule has 0 bridgehead atoms. The van der Waals surface area contributed by atoms with Crippen molar-refractivity contribution in [2.45, 2.75) is 42.0 Å². The first-order valence-corrected chi connectivity index (χ1v) is 7.58. The van der Waals surface area contributed by atoms with Crippen molar-refractivity contribution >= 4 is 21.6 Å². The molecule has 82 valence electrons. The summed E-state index contributed by atoms with van der Waals surface area (Å²) in [6, 6.07) is 10.3. The average molecular weight is 242 g/mol. The van der Waals surface area contributed by atoms with Crippen molar-refractivity contribution < 1.29 is 4.39 Å². The molecule has 1 saturated carbocycles. The van der Waals surface area contributed by atoms with Crippen LogP contribution in [0.2, 0.25) is 0 Å². The molecule has 15 heavy (non-hydrogen) atoms. The van der Waals surface area contributed by atoms with Gasteiger partial charge >= 0.3 is 0 Å². The number of rotatable bonds is 3. The van der Waals surface area contributed by atoms with Gasteiger partial charge < -0.3 is 0 Å². The van der Waals surface area contributed by atoms with E-state index in [9.17, 15) is 4.39 Å². The van der Waals surface area contributed by atoms with E-state index >= 15 is 0 Å². The van der Waals surface area contributed by atoms with Crippen molar-refractivity contribution in [2.24, 2.45) is 0 Å². The molecule has 3 heteroatoms. The molecular formula is C12H15FS2. The monoisotopic (exact) mass is 242 g/mol. The largest absolute Gasteiger partial charge is 0.247 e. The van der Waals surface area contributed by atoms with E-state index in [1.165, 1.54) is 11.3 Å². The van der Waals surface area contributed by atoms with Crippen molar-refractivity contribution in [1.82, 2.24) is 0 Å². The van der Waals surface area contributed by atoms with Gasteiger partial charge in [0.05, 0.1) is 0 Å². The van der Waals surface area contributed by atoms with E-state index in [2.05, 4.69) is 12.1 Å². The summed E-state index contributed by atoms with van der Waals surface area (Å²) in [6.07, 6.45) is 3.17. The molecule has 2 atom stereocenters. The lowest BCUT2D eigenvalue weighted by Crippen LogP contribution is -2.17. The standard InChI is InChI=1S/C12H15FS2/c13-10-5-4-8-12(9-10)15-14-11-6-2-1-3-7-11/h1-3,6-7,10,12H,4-5,8-9H2. The summed E-state index contributed by atoms with van der Waals surface area (Å²) >= 11 is 0. The van der Waals surface area contributed by atoms with E-state index in [0.29, 0.717) is 5.25 Å². The molecule has 2 unspecified atom stereocenters. The van der Waals surface area contributed by atoms with Crippen molar-refractivity contribution in [3.63, 3.8) is 0 Å². The van der Waals surface area contributed by atoms with Crippen molar-refractivity contribution in [1.29, 1.82) is 0 Å². The second-order valence-corrected chi connectivity index (χ2v) is 6.45. The number of hydrogen-bond donors (Lipinski definition) is 0. The molecule has 0 radical (unpaired) electrons. The van der Waals surface area contributed by atoms with Gasteiger partial charge in [-0.25, -0.2) is 4.39 Å². The molecule has 1 aliphatic carbocycles. The minimum Gasteiger partial charge on any atom is -0.247 e. The summed E-state index contributed by atoms with van der Waals surface area (Å²) in [6.45, 7) is 0. The minimum atomic E-state index is -0.562. The summed E-state index contributed by atoms with van der Waals surface area (Å²) in [5.41, 5.74) is 0. The Bertz CT molecular complexity index is 289. The maximum Gasteiger partial charge on any atom is 0.101 e. The Balaban J connectivity index is 1.78. The van der Waals surface area contributed by atoms with Gasteiger partial charge in [-0.2, -0.15) is 0 Å². The molecule has 0 aliphatic heterocycles. The van der Waals surface area contributed by atoms with Gasteiger partial charge in [-0.3, -0.25) is 0 Å². The zero-order chi connectivity index (χ0) is 10.5. The number of benzene rings is 1. The van der Waals surface area contributed by atoms with Crippen molar-refractivity contribution in [3.05, 3.63) is 30.3 Å². The van der Waals surface area contributed by atoms with Crippen LogP contribution in [0.5, 0.6) is 0 Å². The van der Waals surface area contributed by atoms with Crippen LogP contribution >= 0.6 is 21.6 Å². The average Bonchev–Trinajstić information content (AvgIpc) is 2.28. The molecule has 0 nitrogen and oxygen atoms in total. The molecule has 0 N–H and O–H groups in total. The van der Waals surface area contributed by atoms with Gasteiger partial charge in [0.25, 0.3) is 0 Å². The normalized spacial score (nSPS) is 26.5. The van der Waals surface area contributed by atoms with Crippen LogP contribution < -0.4 is 0 Å². The van der Waals surface area contributed by atoms with Gasteiger partial charge in [0.15, 0.2) is 0 Å². The van der Waals surface area contributed by atoms with E-state index in [0.717, 1.165) is 19.3 Å². The third kappa shape index (κ3) is 3.72. The molecule has 1 aromatic rings. The minimum absolute atomic E-state index is 0.499. The van der Waals surface area contributed by atoms with E-state index in [1.807, 2.05) is 29.0 Å². The highest BCUT2D eigenvalue weighted by Gasteiger charge is 2.21. The Morgan fingerprint density at radius 3 is 2.67 bits per heavy atom. The topological polar surface area (TPSA) is 0 Å². The molecule has 0 aromatic heterocycles. The fourth-order valence-corrected chi connectivity index (χ4v) is 4.44. The third-order valence-corrected chi connectivity index (χ3v) is 5.53. The smallest absolute Gasteiger partial charge is 0.101 e. The maximum absolute atomic E-state index is 13.1. The van der Waals surface area contributed by atoms with E-state index in [1.54, 1.807) is 10.8 Å². The molecule has 1 aromatic carbocycles. The zero-order valence-corrected chi connectivity index (χ0v) is 10.2. The Labute approximate surface area is 98.4 Å². The lowest BCUT2D eigenvalue weighted by Gasteiger charge is -2.23. The van der Waals surface area contributed by atoms with Gasteiger partial charge in [-0.15, -0.1) is 0 Å². The van der Waals surface area contributed by atoms with Crippen molar-refractivity contribution in [3.8, 4) is 0 Å². The molecule has 0 saturated heterocycles. The van der Waals surface area contributed by atoms with Gasteiger partial charge in [0.2, 0.25) is 0 Å². The van der Waals surface area contributed by atoms with Gasteiger partial charge in [0, 0.05) is 10.1 Å². The number of hydrogen-bond acceptors (Lipinski definition) is 2. The van der Waals surface area contributed by atoms with Crippen LogP contribution in [0.15, 0.2) is 35.2 Å². The summed E-state index contributed by atoms with van der Waals surface area (Å²) in [4.78, 5) is 1.27. The van der Waals surface area contributed by atoms with E-state index in [4.69, 9.17) is 0 Å². The summed E-state index contributed by atoms with van der Waals surface area (Å²) in [5.74, 6) is 0. The second-order valence-electron chi connectivity index (χ2n) is 3.88. The Hall–Kier alpha value is -0.150. The van der Waals surface area contributed by atoms with Crippen LogP contribution in [0.25, 0.3) is 0 Å². The summed E-state index contributed by atoms with van der Waals surface area (Å²) < 4.78 is 13.1. The Morgan fingerprint density at radius 1 is 1.13 bits per heavy atom. The predicted octanol–water partition coefficient (Wildman–Crippen LogP) is 4.71. The molecule has 1 fully saturated rings. The lowest BCUT2D eigenvalue weighted by atomic mass is 9.99. The van der Waals surface area contributed by atoms with Gasteiger partial charge in [0.1, 0.15) is 6.17 Å². The van der Waals surface area contributed by atoms with Crippen LogP contribution in [0.4, 0.5) is 4.39 Å². The quantitative estimate of drug-likeness (QED) is 0.704. The Morgan fingerprint density at radius 2 is 1.93 bits per heavy atom. The molecule has 0 spiro atoms. The molecular weight excluding hydrogens is 227 g/mol. The molecule has 0 amide bonds. The van der Waals surface area contributed by atoms with Crippen molar-refractivity contribution in [2.75, 3.05) is 0 Å². The third-order valence-electron chi connectivity index (χ3n) is 2.59. The van der Waals surface area contributed by atoms with Crippen LogP contribution in [-0.4, -0.2) is 11.4 Å². The van der Waals surface area contributed by atoms with E-state index < -0.39 is 6.17 Å². The highest BCUT2D eigenvalue weighted by molar-refractivity contribution is 8.76. The van der Waals surface area contributed by atoms with Crippen LogP contribution in [0.3, 0.4) is 0 Å². The fourth-order valence-electron chi connectivity index (χ4n) is 1.78. The highest BCUT2D eigenvalue weighted by Crippen LogP contribution is 2.40. The first kappa shape index (κ1) is 11.3. The highest BCUT2D eigenvalue weighted by atomic mass is 33.1. The molecule has 2 rings (SSSR count). The van der Waals surface area contributed by atoms with Crippen LogP contribution in [-0.2, 0) is 0 Å². The summed E-state index contributed by atoms with van der Waals surface area (Å²) in [5, 5.41) is 0.499. The number of alkyl halides is 1. The second kappa shape index (κ2) is 5.80. The maximum atomic E-state index is 13.1. The van der Waals surface area contributed by atoms with Crippen LogP contribution in [0.1, 0.15) is 25.7 Å². The molecule has 0 heterocycles. The predicted molar refractivity (Wildman–Crippen MR) is 67.0 cm³/mol. The first-order valence-electron chi connectivity index (χ1n) is 5.37. The summed E-state index contributed by atoms with van der Waals surface area (Å²) in [7, 11) is 3.61. The molecule has 1 aliphatic rings. The SMILES string of the molecule is FC1CCCC(SSc2ccccc2)C1. The lowest BCUT2D eigenvalue weighted by molar-refractivity contribution is 0.256. The number of halogens is 1.